The SMILES string of the molecule is CCCCCc1nc2cc(C3=NOC(c4cccc(C)c4)C3)ccc2c(=O)n1-c1ccc(Cl)cc1. The molecule has 2 heterocycles. The molecule has 1 aliphatic rings. The molecule has 1 atom stereocenters. The van der Waals surface area contributed by atoms with Gasteiger partial charge in [-0.15, -0.1) is 0 Å². The van der Waals surface area contributed by atoms with Crippen molar-refractivity contribution in [3.8, 4) is 5.69 Å². The molecule has 35 heavy (non-hydrogen) atoms. The van der Waals surface area contributed by atoms with E-state index in [0.29, 0.717) is 22.3 Å². The number of nitrogens with zero attached hydrogens (tertiary/aromatic N) is 3. The number of aromatic nitrogens is 2. The maximum absolute atomic E-state index is 13.6. The van der Waals surface area contributed by atoms with Gasteiger partial charge in [0.05, 0.1) is 22.3 Å². The molecule has 0 radical (unpaired) electrons. The average molecular weight is 486 g/mol. The molecule has 1 unspecified atom stereocenters. The Morgan fingerprint density at radius 3 is 2.66 bits per heavy atom. The number of oxime groups is 1. The fraction of sp³-hybridized carbons (Fsp3) is 0.276. The minimum atomic E-state index is -0.101. The van der Waals surface area contributed by atoms with Gasteiger partial charge in [0.15, 0.2) is 6.10 Å². The van der Waals surface area contributed by atoms with Gasteiger partial charge in [-0.3, -0.25) is 9.36 Å². The largest absolute Gasteiger partial charge is 0.387 e. The third-order valence-corrected chi connectivity index (χ3v) is 6.70. The van der Waals surface area contributed by atoms with E-state index >= 15 is 0 Å². The number of hydrogen-bond acceptors (Lipinski definition) is 4. The van der Waals surface area contributed by atoms with Crippen molar-refractivity contribution < 1.29 is 4.84 Å². The van der Waals surface area contributed by atoms with E-state index < -0.39 is 0 Å². The summed E-state index contributed by atoms with van der Waals surface area (Å²) in [5, 5.41) is 5.59. The Labute approximate surface area is 210 Å². The normalized spacial score (nSPS) is 15.3. The van der Waals surface area contributed by atoms with Gasteiger partial charge in [0.1, 0.15) is 5.82 Å². The van der Waals surface area contributed by atoms with Gasteiger partial charge in [-0.2, -0.15) is 0 Å². The zero-order valence-corrected chi connectivity index (χ0v) is 20.8. The van der Waals surface area contributed by atoms with Crippen LogP contribution in [-0.2, 0) is 11.3 Å². The van der Waals surface area contributed by atoms with E-state index in [1.807, 2.05) is 36.4 Å². The summed E-state index contributed by atoms with van der Waals surface area (Å²) in [6, 6.07) is 21.4. The molecule has 1 aliphatic heterocycles. The number of halogens is 1. The van der Waals surface area contributed by atoms with Crippen LogP contribution in [0.4, 0.5) is 0 Å². The summed E-state index contributed by atoms with van der Waals surface area (Å²) in [5.74, 6) is 0.762. The van der Waals surface area contributed by atoms with Crippen molar-refractivity contribution in [2.45, 2.75) is 52.1 Å². The zero-order valence-electron chi connectivity index (χ0n) is 20.0. The van der Waals surface area contributed by atoms with Gasteiger partial charge in [-0.05, 0) is 55.3 Å². The maximum atomic E-state index is 13.6. The first-order valence-corrected chi connectivity index (χ1v) is 12.5. The molecule has 0 saturated heterocycles. The van der Waals surface area contributed by atoms with Gasteiger partial charge in [-0.1, -0.05) is 72.4 Å². The average Bonchev–Trinajstić information content (AvgIpc) is 3.35. The minimum Gasteiger partial charge on any atom is -0.387 e. The summed E-state index contributed by atoms with van der Waals surface area (Å²) in [4.78, 5) is 24.3. The van der Waals surface area contributed by atoms with Crippen LogP contribution >= 0.6 is 11.6 Å². The number of rotatable bonds is 7. The van der Waals surface area contributed by atoms with E-state index in [0.717, 1.165) is 54.0 Å². The second-order valence-corrected chi connectivity index (χ2v) is 9.52. The van der Waals surface area contributed by atoms with E-state index in [9.17, 15) is 4.79 Å². The second kappa shape index (κ2) is 10.0. The van der Waals surface area contributed by atoms with E-state index in [-0.39, 0.29) is 11.7 Å². The smallest absolute Gasteiger partial charge is 0.265 e. The molecule has 6 heteroatoms. The zero-order chi connectivity index (χ0) is 24.4. The predicted octanol–water partition coefficient (Wildman–Crippen LogP) is 6.95. The van der Waals surface area contributed by atoms with E-state index in [1.165, 1.54) is 5.56 Å². The van der Waals surface area contributed by atoms with Gasteiger partial charge in [-0.25, -0.2) is 4.98 Å². The molecule has 4 aromatic rings. The first-order valence-electron chi connectivity index (χ1n) is 12.1. The Morgan fingerprint density at radius 2 is 1.89 bits per heavy atom. The molecule has 0 saturated carbocycles. The van der Waals surface area contributed by atoms with Crippen molar-refractivity contribution in [3.63, 3.8) is 0 Å². The first kappa shape index (κ1) is 23.3. The predicted molar refractivity (Wildman–Crippen MR) is 142 cm³/mol. The fourth-order valence-corrected chi connectivity index (χ4v) is 4.69. The summed E-state index contributed by atoms with van der Waals surface area (Å²) in [6.07, 6.45) is 4.47. The molecule has 0 bridgehead atoms. The van der Waals surface area contributed by atoms with Crippen molar-refractivity contribution >= 4 is 28.2 Å². The van der Waals surface area contributed by atoms with Gasteiger partial charge >= 0.3 is 0 Å². The van der Waals surface area contributed by atoms with Crippen molar-refractivity contribution in [2.75, 3.05) is 0 Å². The first-order chi connectivity index (χ1) is 17.0. The third kappa shape index (κ3) is 4.87. The van der Waals surface area contributed by atoms with Crippen LogP contribution in [0.25, 0.3) is 16.6 Å². The third-order valence-electron chi connectivity index (χ3n) is 6.44. The topological polar surface area (TPSA) is 56.5 Å². The molecule has 0 spiro atoms. The highest BCUT2D eigenvalue weighted by atomic mass is 35.5. The van der Waals surface area contributed by atoms with Crippen LogP contribution in [-0.4, -0.2) is 15.3 Å². The molecule has 1 aromatic heterocycles. The summed E-state index contributed by atoms with van der Waals surface area (Å²) in [6.45, 7) is 4.24. The molecule has 3 aromatic carbocycles. The van der Waals surface area contributed by atoms with Gasteiger partial charge in [0.2, 0.25) is 0 Å². The van der Waals surface area contributed by atoms with Crippen LogP contribution in [0.15, 0.2) is 76.7 Å². The molecule has 0 amide bonds. The van der Waals surface area contributed by atoms with E-state index in [1.54, 1.807) is 16.7 Å². The molecular weight excluding hydrogens is 458 g/mol. The van der Waals surface area contributed by atoms with Gasteiger partial charge < -0.3 is 4.84 Å². The maximum Gasteiger partial charge on any atom is 0.265 e. The number of unbranched alkanes of at least 4 members (excludes halogenated alkanes) is 2. The van der Waals surface area contributed by atoms with Crippen molar-refractivity contribution in [1.82, 2.24) is 9.55 Å². The summed E-state index contributed by atoms with van der Waals surface area (Å²) in [7, 11) is 0. The lowest BCUT2D eigenvalue weighted by molar-refractivity contribution is 0.0857. The number of benzene rings is 3. The quantitative estimate of drug-likeness (QED) is 0.266. The lowest BCUT2D eigenvalue weighted by Gasteiger charge is -2.14. The molecule has 178 valence electrons. The molecule has 5 rings (SSSR count). The Morgan fingerprint density at radius 1 is 1.06 bits per heavy atom. The number of hydrogen-bond donors (Lipinski definition) is 0. The van der Waals surface area contributed by atoms with Crippen LogP contribution in [0.1, 0.15) is 61.2 Å². The Balaban J connectivity index is 1.51. The summed E-state index contributed by atoms with van der Waals surface area (Å²) in [5.41, 5.74) is 5.51. The lowest BCUT2D eigenvalue weighted by atomic mass is 9.98. The van der Waals surface area contributed by atoms with Crippen LogP contribution in [0.5, 0.6) is 0 Å². The van der Waals surface area contributed by atoms with Crippen LogP contribution in [0.2, 0.25) is 5.02 Å². The van der Waals surface area contributed by atoms with Crippen LogP contribution < -0.4 is 5.56 Å². The highest BCUT2D eigenvalue weighted by Crippen LogP contribution is 2.30. The molecule has 0 fully saturated rings. The van der Waals surface area contributed by atoms with Crippen LogP contribution in [0, 0.1) is 6.92 Å². The number of aryl methyl sites for hydroxylation is 2. The summed E-state index contributed by atoms with van der Waals surface area (Å²) >= 11 is 6.09. The molecule has 0 aliphatic carbocycles. The Kier molecular flexibility index (Phi) is 6.69. The van der Waals surface area contributed by atoms with Crippen molar-refractivity contribution in [2.24, 2.45) is 5.16 Å². The van der Waals surface area contributed by atoms with Crippen LogP contribution in [0.3, 0.4) is 0 Å². The minimum absolute atomic E-state index is 0.0716. The molecular formula is C29H28ClN3O2. The standard InChI is InChI=1S/C29H28ClN3O2/c1-3-4-5-9-28-31-26-17-20(25-18-27(35-32-25)21-8-6-7-19(2)16-21)10-15-24(26)29(34)33(28)23-13-11-22(30)12-14-23/h6-8,10-17,27H,3-5,9,18H2,1-2H3. The highest BCUT2D eigenvalue weighted by molar-refractivity contribution is 6.30. The second-order valence-electron chi connectivity index (χ2n) is 9.08. The van der Waals surface area contributed by atoms with Crippen molar-refractivity contribution in [1.29, 1.82) is 0 Å². The monoisotopic (exact) mass is 485 g/mol. The Hall–Kier alpha value is -3.44. The summed E-state index contributed by atoms with van der Waals surface area (Å²) < 4.78 is 1.72. The lowest BCUT2D eigenvalue weighted by Crippen LogP contribution is -2.24. The number of fused-ring (bicyclic) bond motifs is 1. The fourth-order valence-electron chi connectivity index (χ4n) is 4.57. The van der Waals surface area contributed by atoms with Gasteiger partial charge in [0, 0.05) is 23.4 Å². The molecule has 5 nitrogen and oxygen atoms in total. The highest BCUT2D eigenvalue weighted by Gasteiger charge is 2.24. The van der Waals surface area contributed by atoms with E-state index in [4.69, 9.17) is 21.4 Å². The van der Waals surface area contributed by atoms with Gasteiger partial charge in [0.25, 0.3) is 5.56 Å². The van der Waals surface area contributed by atoms with Crippen molar-refractivity contribution in [3.05, 3.63) is 105 Å². The molecule has 0 N–H and O–H groups in total. The van der Waals surface area contributed by atoms with E-state index in [2.05, 4.69) is 37.2 Å². The Bertz CT molecular complexity index is 1460.